The molecular formula is C18H26N2O4. The Labute approximate surface area is 142 Å². The monoisotopic (exact) mass is 334 g/mol. The summed E-state index contributed by atoms with van der Waals surface area (Å²) >= 11 is 0. The summed E-state index contributed by atoms with van der Waals surface area (Å²) in [6.07, 6.45) is 0.661. The van der Waals surface area contributed by atoms with Crippen LogP contribution < -0.4 is 10.1 Å². The lowest BCUT2D eigenvalue weighted by molar-refractivity contribution is -0.124. The third-order valence-corrected chi connectivity index (χ3v) is 4.59. The number of nitrogens with zero attached hydrogens (tertiary/aromatic N) is 1. The molecular weight excluding hydrogens is 308 g/mol. The quantitative estimate of drug-likeness (QED) is 0.832. The van der Waals surface area contributed by atoms with Crippen LogP contribution in [0.2, 0.25) is 0 Å². The number of aliphatic hydroxyl groups is 1. The maximum atomic E-state index is 12.6. The lowest BCUT2D eigenvalue weighted by Gasteiger charge is -2.34. The number of carbonyl (C=O) groups is 1. The van der Waals surface area contributed by atoms with Crippen LogP contribution in [-0.2, 0) is 9.53 Å². The topological polar surface area (TPSA) is 71.0 Å². The molecule has 3 rings (SSSR count). The van der Waals surface area contributed by atoms with E-state index in [9.17, 15) is 9.90 Å². The molecule has 0 aliphatic carbocycles. The number of carbonyl (C=O) groups excluding carboxylic acids is 1. The molecule has 6 heteroatoms. The van der Waals surface area contributed by atoms with Crippen molar-refractivity contribution < 1.29 is 19.4 Å². The van der Waals surface area contributed by atoms with Crippen molar-refractivity contribution in [2.75, 3.05) is 46.0 Å². The Morgan fingerprint density at radius 2 is 2.08 bits per heavy atom. The van der Waals surface area contributed by atoms with E-state index in [-0.39, 0.29) is 18.4 Å². The lowest BCUT2D eigenvalue weighted by atomic mass is 9.92. The van der Waals surface area contributed by atoms with Crippen molar-refractivity contribution >= 4 is 5.91 Å². The molecule has 0 radical (unpaired) electrons. The number of para-hydroxylation sites is 1. The number of nitrogens with one attached hydrogen (secondary N) is 1. The van der Waals surface area contributed by atoms with Crippen molar-refractivity contribution in [3.8, 4) is 5.75 Å². The first-order chi connectivity index (χ1) is 11.6. The Balaban J connectivity index is 1.55. The number of amides is 1. The van der Waals surface area contributed by atoms with Crippen molar-refractivity contribution in [3.63, 3.8) is 0 Å². The lowest BCUT2D eigenvalue weighted by Crippen LogP contribution is -2.51. The molecule has 2 aliphatic heterocycles. The van der Waals surface area contributed by atoms with Gasteiger partial charge in [-0.3, -0.25) is 9.69 Å². The maximum absolute atomic E-state index is 12.6. The molecule has 1 saturated heterocycles. The fourth-order valence-electron chi connectivity index (χ4n) is 3.31. The Bertz CT molecular complexity index is 570. The van der Waals surface area contributed by atoms with E-state index in [1.807, 2.05) is 24.3 Å². The molecule has 0 aromatic heterocycles. The van der Waals surface area contributed by atoms with Crippen molar-refractivity contribution in [1.29, 1.82) is 0 Å². The van der Waals surface area contributed by atoms with Crippen LogP contribution in [0.1, 0.15) is 24.8 Å². The van der Waals surface area contributed by atoms with Crippen LogP contribution in [0, 0.1) is 0 Å². The zero-order valence-corrected chi connectivity index (χ0v) is 14.2. The molecule has 0 spiro atoms. The summed E-state index contributed by atoms with van der Waals surface area (Å²) in [5.74, 6) is 0.520. The van der Waals surface area contributed by atoms with Crippen LogP contribution in [0.25, 0.3) is 0 Å². The number of β-amino-alcohol motifs (C(OH)–C–C–N with tert-alkyl or cyclic N) is 1. The second-order valence-corrected chi connectivity index (χ2v) is 6.83. The van der Waals surface area contributed by atoms with Gasteiger partial charge in [0.2, 0.25) is 5.91 Å². The summed E-state index contributed by atoms with van der Waals surface area (Å²) in [7, 11) is 0. The average Bonchev–Trinajstić information content (AvgIpc) is 2.60. The predicted molar refractivity (Wildman–Crippen MR) is 90.2 cm³/mol. The Morgan fingerprint density at radius 3 is 2.88 bits per heavy atom. The molecule has 2 aliphatic rings. The van der Waals surface area contributed by atoms with Gasteiger partial charge in [-0.05, 0) is 19.4 Å². The summed E-state index contributed by atoms with van der Waals surface area (Å²) in [6, 6.07) is 7.66. The number of hydrogen-bond acceptors (Lipinski definition) is 5. The normalized spacial score (nSPS) is 23.7. The fourth-order valence-corrected chi connectivity index (χ4v) is 3.31. The molecule has 1 aromatic rings. The van der Waals surface area contributed by atoms with E-state index in [1.165, 1.54) is 0 Å². The van der Waals surface area contributed by atoms with Crippen molar-refractivity contribution in [2.24, 2.45) is 0 Å². The van der Waals surface area contributed by atoms with Crippen molar-refractivity contribution in [2.45, 2.75) is 24.9 Å². The number of fused-ring (bicyclic) bond motifs is 1. The highest BCUT2D eigenvalue weighted by molar-refractivity contribution is 5.84. The SMILES string of the molecule is C[C@@](O)(CNC(=O)[C@H]1CCOc2ccccc21)CN1CCOCC1. The van der Waals surface area contributed by atoms with Gasteiger partial charge in [0.25, 0.3) is 0 Å². The standard InChI is InChI=1S/C18H26N2O4/c1-18(22,13-20-7-10-23-11-8-20)12-19-17(21)15-6-9-24-16-5-3-2-4-14(15)16/h2-5,15,22H,6-13H2,1H3,(H,19,21)/t15-,18+/m0/s1. The van der Waals surface area contributed by atoms with Gasteiger partial charge in [-0.15, -0.1) is 0 Å². The highest BCUT2D eigenvalue weighted by Crippen LogP contribution is 2.33. The molecule has 24 heavy (non-hydrogen) atoms. The molecule has 0 unspecified atom stereocenters. The van der Waals surface area contributed by atoms with Gasteiger partial charge >= 0.3 is 0 Å². The van der Waals surface area contributed by atoms with Gasteiger partial charge in [-0.1, -0.05) is 18.2 Å². The molecule has 132 valence electrons. The highest BCUT2D eigenvalue weighted by Gasteiger charge is 2.30. The van der Waals surface area contributed by atoms with E-state index in [2.05, 4.69) is 10.2 Å². The Morgan fingerprint density at radius 1 is 1.33 bits per heavy atom. The molecule has 0 saturated carbocycles. The van der Waals surface area contributed by atoms with Gasteiger partial charge in [0, 0.05) is 31.7 Å². The van der Waals surface area contributed by atoms with Gasteiger partial charge < -0.3 is 19.9 Å². The molecule has 6 nitrogen and oxygen atoms in total. The van der Waals surface area contributed by atoms with Crippen LogP contribution in [-0.4, -0.2) is 67.5 Å². The summed E-state index contributed by atoms with van der Waals surface area (Å²) in [6.45, 7) is 6.10. The maximum Gasteiger partial charge on any atom is 0.227 e. The van der Waals surface area contributed by atoms with E-state index in [4.69, 9.17) is 9.47 Å². The predicted octanol–water partition coefficient (Wildman–Crippen LogP) is 0.752. The summed E-state index contributed by atoms with van der Waals surface area (Å²) in [5.41, 5.74) is -0.0356. The van der Waals surface area contributed by atoms with E-state index in [0.29, 0.717) is 32.8 Å². The average molecular weight is 334 g/mol. The van der Waals surface area contributed by atoms with Gasteiger partial charge in [0.15, 0.2) is 0 Å². The van der Waals surface area contributed by atoms with Crippen LogP contribution in [0.5, 0.6) is 5.75 Å². The summed E-state index contributed by atoms with van der Waals surface area (Å²) in [4.78, 5) is 14.8. The Hall–Kier alpha value is -1.63. The molecule has 2 atom stereocenters. The summed E-state index contributed by atoms with van der Waals surface area (Å²) in [5, 5.41) is 13.5. The number of ether oxygens (including phenoxy) is 2. The minimum absolute atomic E-state index is 0.0481. The van der Waals surface area contributed by atoms with Gasteiger partial charge in [-0.2, -0.15) is 0 Å². The minimum Gasteiger partial charge on any atom is -0.493 e. The summed E-state index contributed by atoms with van der Waals surface area (Å²) < 4.78 is 10.9. The number of rotatable bonds is 5. The van der Waals surface area contributed by atoms with Crippen LogP contribution in [0.15, 0.2) is 24.3 Å². The zero-order valence-electron chi connectivity index (χ0n) is 14.2. The number of benzene rings is 1. The third kappa shape index (κ3) is 4.26. The van der Waals surface area contributed by atoms with E-state index in [0.717, 1.165) is 24.4 Å². The number of morpholine rings is 1. The molecule has 2 heterocycles. The first-order valence-corrected chi connectivity index (χ1v) is 8.57. The molecule has 1 amide bonds. The van der Waals surface area contributed by atoms with Crippen LogP contribution >= 0.6 is 0 Å². The van der Waals surface area contributed by atoms with E-state index < -0.39 is 5.60 Å². The smallest absolute Gasteiger partial charge is 0.227 e. The van der Waals surface area contributed by atoms with Crippen LogP contribution in [0.4, 0.5) is 0 Å². The number of hydrogen-bond donors (Lipinski definition) is 2. The molecule has 1 aromatic carbocycles. The van der Waals surface area contributed by atoms with Crippen molar-refractivity contribution in [1.82, 2.24) is 10.2 Å². The molecule has 0 bridgehead atoms. The first kappa shape index (κ1) is 17.2. The first-order valence-electron chi connectivity index (χ1n) is 8.57. The second kappa shape index (κ2) is 7.51. The third-order valence-electron chi connectivity index (χ3n) is 4.59. The molecule has 2 N–H and O–H groups in total. The van der Waals surface area contributed by atoms with E-state index in [1.54, 1.807) is 6.92 Å². The highest BCUT2D eigenvalue weighted by atomic mass is 16.5. The zero-order chi connectivity index (χ0) is 17.0. The van der Waals surface area contributed by atoms with Gasteiger partial charge in [0.05, 0.1) is 31.3 Å². The Kier molecular flexibility index (Phi) is 5.38. The fraction of sp³-hybridized carbons (Fsp3) is 0.611. The largest absolute Gasteiger partial charge is 0.493 e. The van der Waals surface area contributed by atoms with Gasteiger partial charge in [0.1, 0.15) is 5.75 Å². The second-order valence-electron chi connectivity index (χ2n) is 6.83. The van der Waals surface area contributed by atoms with Crippen LogP contribution in [0.3, 0.4) is 0 Å². The molecule has 1 fully saturated rings. The van der Waals surface area contributed by atoms with Gasteiger partial charge in [-0.25, -0.2) is 0 Å². The van der Waals surface area contributed by atoms with Crippen molar-refractivity contribution in [3.05, 3.63) is 29.8 Å². The van der Waals surface area contributed by atoms with E-state index >= 15 is 0 Å². The minimum atomic E-state index is -0.961.